The monoisotopic (exact) mass is 364 g/mol. The van der Waals surface area contributed by atoms with Crippen LogP contribution < -0.4 is 11.1 Å². The van der Waals surface area contributed by atoms with Crippen LogP contribution in [0.5, 0.6) is 0 Å². The van der Waals surface area contributed by atoms with Crippen LogP contribution in [-0.4, -0.2) is 37.0 Å². The predicted octanol–water partition coefficient (Wildman–Crippen LogP) is 3.35. The average Bonchev–Trinajstić information content (AvgIpc) is 2.55. The summed E-state index contributed by atoms with van der Waals surface area (Å²) in [5.41, 5.74) is 7.62. The molecule has 0 aliphatic carbocycles. The fourth-order valence-corrected chi connectivity index (χ4v) is 2.60. The second-order valence-corrected chi connectivity index (χ2v) is 7.86. The van der Waals surface area contributed by atoms with E-state index in [0.29, 0.717) is 17.7 Å². The molecular weight excluding hydrogens is 336 g/mol. The Kier molecular flexibility index (Phi) is 8.03. The van der Waals surface area contributed by atoms with Gasteiger partial charge in [-0.1, -0.05) is 32.9 Å². The number of carbonyl (C=O) groups is 2. The number of carbonyl (C=O) groups excluding carboxylic acids is 2. The number of nitrogens with one attached hydrogen (secondary N) is 1. The van der Waals surface area contributed by atoms with Gasteiger partial charge in [0.25, 0.3) is 5.91 Å². The van der Waals surface area contributed by atoms with E-state index in [-0.39, 0.29) is 11.3 Å². The van der Waals surface area contributed by atoms with Crippen molar-refractivity contribution < 1.29 is 14.3 Å². The van der Waals surface area contributed by atoms with Gasteiger partial charge in [-0.05, 0) is 47.6 Å². The predicted molar refractivity (Wildman–Crippen MR) is 106 cm³/mol. The molecule has 25 heavy (non-hydrogen) atoms. The molecule has 0 heterocycles. The SMILES string of the molecule is COC(=O)[C@H](CCSC)NC(=O)c1ccc(N)cc1/C=C\C(C)(C)C. The fraction of sp³-hybridized carbons (Fsp3) is 0.474. The number of rotatable bonds is 7. The summed E-state index contributed by atoms with van der Waals surface area (Å²) in [6.07, 6.45) is 6.37. The largest absolute Gasteiger partial charge is 0.467 e. The number of hydrogen-bond donors (Lipinski definition) is 2. The maximum atomic E-state index is 12.7. The molecule has 0 unspecified atom stereocenters. The summed E-state index contributed by atoms with van der Waals surface area (Å²) in [6.45, 7) is 6.22. The molecule has 0 aliphatic heterocycles. The van der Waals surface area contributed by atoms with Crippen LogP contribution in [0.25, 0.3) is 6.08 Å². The highest BCUT2D eigenvalue weighted by molar-refractivity contribution is 7.98. The third-order valence-corrected chi connectivity index (χ3v) is 4.13. The standard InChI is InChI=1S/C19H28N2O3S/c1-19(2,3)10-8-13-12-14(20)6-7-15(13)17(22)21-16(9-11-25-5)18(23)24-4/h6-8,10,12,16H,9,11,20H2,1-5H3,(H,21,22)/b10-8-/t16-/m0/s1. The quantitative estimate of drug-likeness (QED) is 0.573. The van der Waals surface area contributed by atoms with Gasteiger partial charge in [0, 0.05) is 11.3 Å². The number of esters is 1. The van der Waals surface area contributed by atoms with E-state index in [1.165, 1.54) is 7.11 Å². The Bertz CT molecular complexity index is 636. The van der Waals surface area contributed by atoms with Crippen molar-refractivity contribution in [3.05, 3.63) is 35.4 Å². The van der Waals surface area contributed by atoms with E-state index in [4.69, 9.17) is 10.5 Å². The number of ether oxygens (including phenoxy) is 1. The Morgan fingerprint density at radius 1 is 1.36 bits per heavy atom. The average molecular weight is 365 g/mol. The maximum absolute atomic E-state index is 12.7. The van der Waals surface area contributed by atoms with Gasteiger partial charge in [-0.25, -0.2) is 4.79 Å². The summed E-state index contributed by atoms with van der Waals surface area (Å²) in [4.78, 5) is 24.6. The molecule has 0 bridgehead atoms. The van der Waals surface area contributed by atoms with Crippen LogP contribution in [0, 0.1) is 5.41 Å². The van der Waals surface area contributed by atoms with Gasteiger partial charge < -0.3 is 15.8 Å². The van der Waals surface area contributed by atoms with Gasteiger partial charge in [0.2, 0.25) is 0 Å². The Morgan fingerprint density at radius 3 is 2.60 bits per heavy atom. The van der Waals surface area contributed by atoms with Crippen molar-refractivity contribution in [2.75, 3.05) is 24.9 Å². The van der Waals surface area contributed by atoms with E-state index in [1.54, 1.807) is 30.0 Å². The zero-order valence-electron chi connectivity index (χ0n) is 15.6. The van der Waals surface area contributed by atoms with E-state index in [9.17, 15) is 9.59 Å². The zero-order chi connectivity index (χ0) is 19.0. The molecule has 5 nitrogen and oxygen atoms in total. The first-order valence-electron chi connectivity index (χ1n) is 8.14. The van der Waals surface area contributed by atoms with Crippen LogP contribution in [-0.2, 0) is 9.53 Å². The van der Waals surface area contributed by atoms with Gasteiger partial charge in [0.05, 0.1) is 7.11 Å². The molecule has 3 N–H and O–H groups in total. The van der Waals surface area contributed by atoms with Crippen molar-refractivity contribution in [3.8, 4) is 0 Å². The molecule has 0 aromatic heterocycles. The summed E-state index contributed by atoms with van der Waals surface area (Å²) >= 11 is 1.61. The third kappa shape index (κ3) is 7.22. The van der Waals surface area contributed by atoms with Crippen molar-refractivity contribution in [1.82, 2.24) is 5.32 Å². The van der Waals surface area contributed by atoms with Gasteiger partial charge in [0.1, 0.15) is 6.04 Å². The van der Waals surface area contributed by atoms with Crippen LogP contribution in [0.15, 0.2) is 24.3 Å². The van der Waals surface area contributed by atoms with Crippen LogP contribution >= 0.6 is 11.8 Å². The first-order valence-corrected chi connectivity index (χ1v) is 9.53. The Morgan fingerprint density at radius 2 is 2.04 bits per heavy atom. The number of amides is 1. The normalized spacial score (nSPS) is 12.8. The lowest BCUT2D eigenvalue weighted by Gasteiger charge is -2.17. The number of nitrogen functional groups attached to an aromatic ring is 1. The second-order valence-electron chi connectivity index (χ2n) is 6.88. The number of anilines is 1. The molecule has 1 aromatic carbocycles. The molecule has 138 valence electrons. The number of methoxy groups -OCH3 is 1. The van der Waals surface area contributed by atoms with Gasteiger partial charge in [-0.2, -0.15) is 11.8 Å². The molecule has 0 saturated heterocycles. The van der Waals surface area contributed by atoms with Crippen molar-refractivity contribution in [2.24, 2.45) is 5.41 Å². The molecule has 6 heteroatoms. The lowest BCUT2D eigenvalue weighted by atomic mass is 9.94. The van der Waals surface area contributed by atoms with Crippen LogP contribution in [0.4, 0.5) is 5.69 Å². The van der Waals surface area contributed by atoms with Crippen molar-refractivity contribution in [1.29, 1.82) is 0 Å². The van der Waals surface area contributed by atoms with E-state index in [2.05, 4.69) is 26.1 Å². The van der Waals surface area contributed by atoms with Crippen molar-refractivity contribution >= 4 is 35.4 Å². The number of hydrogen-bond acceptors (Lipinski definition) is 5. The highest BCUT2D eigenvalue weighted by atomic mass is 32.2. The summed E-state index contributed by atoms with van der Waals surface area (Å²) < 4.78 is 4.79. The first kappa shape index (κ1) is 21.1. The zero-order valence-corrected chi connectivity index (χ0v) is 16.4. The lowest BCUT2D eigenvalue weighted by Crippen LogP contribution is -2.42. The molecule has 0 fully saturated rings. The van der Waals surface area contributed by atoms with Crippen LogP contribution in [0.1, 0.15) is 43.1 Å². The lowest BCUT2D eigenvalue weighted by molar-refractivity contribution is -0.142. The van der Waals surface area contributed by atoms with Crippen molar-refractivity contribution in [2.45, 2.75) is 33.2 Å². The fourth-order valence-electron chi connectivity index (χ4n) is 2.13. The Labute approximate surface area is 154 Å². The van der Waals surface area contributed by atoms with Crippen LogP contribution in [0.3, 0.4) is 0 Å². The molecule has 0 radical (unpaired) electrons. The third-order valence-electron chi connectivity index (χ3n) is 3.48. The van der Waals surface area contributed by atoms with E-state index < -0.39 is 12.0 Å². The van der Waals surface area contributed by atoms with E-state index in [0.717, 1.165) is 11.3 Å². The smallest absolute Gasteiger partial charge is 0.328 e. The van der Waals surface area contributed by atoms with Gasteiger partial charge in [-0.15, -0.1) is 0 Å². The molecule has 1 atom stereocenters. The summed E-state index contributed by atoms with van der Waals surface area (Å²) in [6, 6.07) is 4.45. The highest BCUT2D eigenvalue weighted by Crippen LogP contribution is 2.21. The molecule has 0 saturated carbocycles. The van der Waals surface area contributed by atoms with Gasteiger partial charge >= 0.3 is 5.97 Å². The highest BCUT2D eigenvalue weighted by Gasteiger charge is 2.22. The van der Waals surface area contributed by atoms with Gasteiger partial charge in [0.15, 0.2) is 0 Å². The first-order chi connectivity index (χ1) is 11.7. The van der Waals surface area contributed by atoms with Gasteiger partial charge in [-0.3, -0.25) is 4.79 Å². The Hall–Kier alpha value is -1.95. The number of benzene rings is 1. The number of allylic oxidation sites excluding steroid dienone is 1. The minimum Gasteiger partial charge on any atom is -0.467 e. The van der Waals surface area contributed by atoms with Crippen LogP contribution in [0.2, 0.25) is 0 Å². The van der Waals surface area contributed by atoms with Crippen molar-refractivity contribution in [3.63, 3.8) is 0 Å². The topological polar surface area (TPSA) is 81.4 Å². The summed E-state index contributed by atoms with van der Waals surface area (Å²) in [7, 11) is 1.32. The van der Waals surface area contributed by atoms with E-state index in [1.807, 2.05) is 18.4 Å². The minimum absolute atomic E-state index is 0.0226. The molecule has 0 aliphatic rings. The molecule has 1 aromatic rings. The minimum atomic E-state index is -0.665. The molecule has 0 spiro atoms. The molecule has 1 rings (SSSR count). The number of thioether (sulfide) groups is 1. The molecule has 1 amide bonds. The summed E-state index contributed by atoms with van der Waals surface area (Å²) in [5, 5.41) is 2.77. The molecular formula is C19H28N2O3S. The van der Waals surface area contributed by atoms with E-state index >= 15 is 0 Å². The Balaban J connectivity index is 3.07. The summed E-state index contributed by atoms with van der Waals surface area (Å²) in [5.74, 6) is -0.00634. The number of nitrogens with two attached hydrogens (primary N) is 1. The maximum Gasteiger partial charge on any atom is 0.328 e. The second kappa shape index (κ2) is 9.51.